The van der Waals surface area contributed by atoms with E-state index in [-0.39, 0.29) is 17.1 Å². The number of carboxylic acid groups (broad SMARTS) is 1. The molecule has 0 aliphatic carbocycles. The van der Waals surface area contributed by atoms with E-state index in [1.807, 2.05) is 0 Å². The molecule has 0 fully saturated rings. The quantitative estimate of drug-likeness (QED) is 0.102. The molecule has 12 nitrogen and oxygen atoms in total. The van der Waals surface area contributed by atoms with Gasteiger partial charge in [0.15, 0.2) is 6.54 Å². The van der Waals surface area contributed by atoms with Crippen LogP contribution in [0.5, 0.6) is 0 Å². The van der Waals surface area contributed by atoms with Crippen LogP contribution in [0.15, 0.2) is 60.7 Å². The van der Waals surface area contributed by atoms with E-state index in [0.717, 1.165) is 4.58 Å². The molecule has 0 aliphatic rings. The number of nitrogens with two attached hydrogens (primary N) is 1. The third kappa shape index (κ3) is 9.20. The molecule has 2 atom stereocenters. The Kier molecular flexibility index (Phi) is 9.95. The molecular formula is C22H27N3O9P+. The highest BCUT2D eigenvalue weighted by atomic mass is 31.2. The van der Waals surface area contributed by atoms with Crippen LogP contribution in [0.4, 0.5) is 0 Å². The molecule has 0 radical (unpaired) electrons. The Labute approximate surface area is 201 Å². The van der Waals surface area contributed by atoms with Crippen molar-refractivity contribution in [3.63, 3.8) is 0 Å². The highest BCUT2D eigenvalue weighted by Crippen LogP contribution is 2.46. The monoisotopic (exact) mass is 508 g/mol. The Morgan fingerprint density at radius 3 is 1.69 bits per heavy atom. The van der Waals surface area contributed by atoms with Crippen molar-refractivity contribution in [3.05, 3.63) is 71.8 Å². The van der Waals surface area contributed by atoms with E-state index in [1.54, 1.807) is 36.4 Å². The number of hydrogen-bond donors (Lipinski definition) is 3. The summed E-state index contributed by atoms with van der Waals surface area (Å²) in [5.74, 6) is -3.09. The molecule has 0 saturated heterocycles. The lowest BCUT2D eigenvalue weighted by Crippen LogP contribution is -2.41. The summed E-state index contributed by atoms with van der Waals surface area (Å²) in [5, 5.41) is 11.2. The highest BCUT2D eigenvalue weighted by molar-refractivity contribution is 7.52. The van der Waals surface area contributed by atoms with Gasteiger partial charge >= 0.3 is 31.6 Å². The van der Waals surface area contributed by atoms with Crippen molar-refractivity contribution in [2.75, 3.05) is 13.6 Å². The Bertz CT molecular complexity index is 1040. The third-order valence-electron chi connectivity index (χ3n) is 4.17. The van der Waals surface area contributed by atoms with Gasteiger partial charge in [-0.15, -0.1) is 0 Å². The second-order valence-corrected chi connectivity index (χ2v) is 8.77. The van der Waals surface area contributed by atoms with Crippen LogP contribution in [0.25, 0.3) is 0 Å². The molecule has 2 unspecified atom stereocenters. The van der Waals surface area contributed by atoms with E-state index >= 15 is 0 Å². The maximum Gasteiger partial charge on any atom is 0.500 e. The van der Waals surface area contributed by atoms with Gasteiger partial charge in [0.05, 0.1) is 18.2 Å². The van der Waals surface area contributed by atoms with Crippen molar-refractivity contribution < 1.29 is 47.2 Å². The number of esters is 2. The lowest BCUT2D eigenvalue weighted by molar-refractivity contribution is -0.490. The third-order valence-corrected chi connectivity index (χ3v) is 5.83. The molecular weight excluding hydrogens is 481 g/mol. The zero-order valence-electron chi connectivity index (χ0n) is 19.3. The molecule has 0 aromatic heterocycles. The summed E-state index contributed by atoms with van der Waals surface area (Å²) in [6, 6.07) is 16.0. The van der Waals surface area contributed by atoms with Gasteiger partial charge in [-0.1, -0.05) is 36.4 Å². The number of aliphatic carboxylic acids is 1. The summed E-state index contributed by atoms with van der Waals surface area (Å²) in [6.07, 6.45) is -2.81. The van der Waals surface area contributed by atoms with Gasteiger partial charge in [-0.2, -0.15) is 5.09 Å². The summed E-state index contributed by atoms with van der Waals surface area (Å²) >= 11 is 0. The van der Waals surface area contributed by atoms with Crippen LogP contribution >= 0.6 is 7.75 Å². The fourth-order valence-electron chi connectivity index (χ4n) is 2.61. The van der Waals surface area contributed by atoms with Gasteiger partial charge in [0.25, 0.3) is 0 Å². The predicted molar refractivity (Wildman–Crippen MR) is 123 cm³/mol. The molecule has 0 bridgehead atoms. The van der Waals surface area contributed by atoms with Crippen LogP contribution in [0.1, 0.15) is 34.6 Å². The first-order valence-electron chi connectivity index (χ1n) is 10.3. The minimum absolute atomic E-state index is 0.226. The molecule has 2 aromatic rings. The minimum Gasteiger partial charge on any atom is -0.479 e. The summed E-state index contributed by atoms with van der Waals surface area (Å²) in [4.78, 5) is 35.5. The number of rotatable bonds is 11. The van der Waals surface area contributed by atoms with Gasteiger partial charge in [-0.25, -0.2) is 28.0 Å². The van der Waals surface area contributed by atoms with Crippen LogP contribution in [0, 0.1) is 0 Å². The van der Waals surface area contributed by atoms with E-state index in [2.05, 4.69) is 5.09 Å². The first kappa shape index (κ1) is 27.5. The zero-order valence-corrected chi connectivity index (χ0v) is 20.2. The first-order valence-corrected chi connectivity index (χ1v) is 11.9. The second kappa shape index (κ2) is 12.7. The van der Waals surface area contributed by atoms with Gasteiger partial charge in [-0.3, -0.25) is 10.3 Å². The number of carbonyl (C=O) groups excluding carboxylic acids is 2. The van der Waals surface area contributed by atoms with E-state index in [0.29, 0.717) is 0 Å². The van der Waals surface area contributed by atoms with Gasteiger partial charge in [-0.05, 0) is 38.1 Å². The highest BCUT2D eigenvalue weighted by Gasteiger charge is 2.38. The Hall–Kier alpha value is -3.73. The van der Waals surface area contributed by atoms with Crippen LogP contribution in [0.3, 0.4) is 0 Å². The number of likely N-dealkylation sites (N-methyl/N-ethyl adjacent to an activating group) is 1. The van der Waals surface area contributed by atoms with Gasteiger partial charge < -0.3 is 14.6 Å². The van der Waals surface area contributed by atoms with Crippen molar-refractivity contribution in [1.29, 1.82) is 0 Å². The summed E-state index contributed by atoms with van der Waals surface area (Å²) in [5.41, 5.74) is 6.26. The maximum atomic E-state index is 13.5. The average molecular weight is 508 g/mol. The van der Waals surface area contributed by atoms with Crippen molar-refractivity contribution in [2.24, 2.45) is 5.73 Å². The number of benzene rings is 2. The fraction of sp³-hybridized carbons (Fsp3) is 0.273. The van der Waals surface area contributed by atoms with Crippen LogP contribution in [-0.2, 0) is 27.9 Å². The molecule has 0 amide bonds. The van der Waals surface area contributed by atoms with Crippen molar-refractivity contribution >= 4 is 31.6 Å². The zero-order chi connectivity index (χ0) is 26.0. The number of carbonyl (C=O) groups is 3. The normalized spacial score (nSPS) is 15.1. The van der Waals surface area contributed by atoms with E-state index < -0.39 is 44.8 Å². The largest absolute Gasteiger partial charge is 0.500 e. The molecule has 188 valence electrons. The number of nitrogens with one attached hydrogen (secondary N) is 1. The summed E-state index contributed by atoms with van der Waals surface area (Å²) < 4.78 is 35.4. The number of hydrogen-bond acceptors (Lipinski definition) is 8. The van der Waals surface area contributed by atoms with E-state index in [4.69, 9.17) is 29.4 Å². The minimum atomic E-state index is -4.48. The number of ether oxygens (including phenoxy) is 2. The lowest BCUT2D eigenvalue weighted by Gasteiger charge is -2.23. The lowest BCUT2D eigenvalue weighted by atomic mass is 10.2. The van der Waals surface area contributed by atoms with Gasteiger partial charge in [0.1, 0.15) is 0 Å². The summed E-state index contributed by atoms with van der Waals surface area (Å²) in [6.45, 7) is 2.04. The van der Waals surface area contributed by atoms with Gasteiger partial charge in [0, 0.05) is 0 Å². The molecule has 4 N–H and O–H groups in total. The van der Waals surface area contributed by atoms with Crippen LogP contribution in [0.2, 0.25) is 0 Å². The molecule has 0 heterocycles. The first-order chi connectivity index (χ1) is 16.5. The molecule has 0 spiro atoms. The summed E-state index contributed by atoms with van der Waals surface area (Å²) in [7, 11) is -3.16. The number of carboxylic acids is 1. The van der Waals surface area contributed by atoms with Crippen LogP contribution in [-0.4, -0.2) is 59.7 Å². The van der Waals surface area contributed by atoms with Crippen molar-refractivity contribution in [3.8, 4) is 0 Å². The second-order valence-electron chi connectivity index (χ2n) is 7.13. The topological polar surface area (TPSA) is 166 Å². The van der Waals surface area contributed by atoms with E-state index in [1.165, 1.54) is 45.2 Å². The number of guanidine groups is 1. The van der Waals surface area contributed by atoms with Crippen molar-refractivity contribution in [1.82, 2.24) is 5.09 Å². The Balaban J connectivity index is 2.17. The van der Waals surface area contributed by atoms with E-state index in [9.17, 15) is 18.9 Å². The standard InChI is InChI=1S/C22H26N3O9P/c1-15(31-20(28)17-10-6-4-7-11-17)33-35(30,24-22(23)25(3)14-19(26)27)34-16(2)32-21(29)18-12-8-5-9-13-18/h4-13,15-16H,14H2,1-3H3,(H3,23,24,26,27,30)/p+1. The SMILES string of the molecule is CC(OC(=O)c1ccccc1)OP(=O)(NC(N)=[N+](C)CC(=O)O)OC(C)OC(=O)c1ccccc1. The molecule has 13 heteroatoms. The molecule has 2 aromatic carbocycles. The fourth-order valence-corrected chi connectivity index (χ4v) is 4.09. The molecule has 0 saturated carbocycles. The van der Waals surface area contributed by atoms with Crippen molar-refractivity contribution in [2.45, 2.75) is 26.4 Å². The average Bonchev–Trinajstić information content (AvgIpc) is 2.79. The Morgan fingerprint density at radius 2 is 1.31 bits per heavy atom. The number of nitrogens with zero attached hydrogens (tertiary/aromatic N) is 1. The van der Waals surface area contributed by atoms with Crippen LogP contribution < -0.4 is 10.8 Å². The molecule has 2 rings (SSSR count). The maximum absolute atomic E-state index is 13.5. The predicted octanol–water partition coefficient (Wildman–Crippen LogP) is 2.16. The van der Waals surface area contributed by atoms with Gasteiger partial charge in [0.2, 0.25) is 12.6 Å². The molecule has 0 aliphatic heterocycles. The molecule has 35 heavy (non-hydrogen) atoms. The Morgan fingerprint density at radius 1 is 0.914 bits per heavy atom. The smallest absolute Gasteiger partial charge is 0.479 e.